The molecule has 0 aliphatic rings. The molecule has 3 rings (SSSR count). The zero-order chi connectivity index (χ0) is 20.1. The first-order chi connectivity index (χ1) is 13.5. The highest BCUT2D eigenvalue weighted by Gasteiger charge is 2.19. The lowest BCUT2D eigenvalue weighted by atomic mass is 10.1. The highest BCUT2D eigenvalue weighted by Crippen LogP contribution is 2.24. The van der Waals surface area contributed by atoms with Crippen molar-refractivity contribution in [3.05, 3.63) is 76.4 Å². The van der Waals surface area contributed by atoms with Crippen LogP contribution in [0.15, 0.2) is 55.1 Å². The molecular weight excluding hydrogens is 376 g/mol. The van der Waals surface area contributed by atoms with Gasteiger partial charge in [0.1, 0.15) is 24.1 Å². The molecule has 1 amide bonds. The number of halogens is 2. The van der Waals surface area contributed by atoms with Crippen molar-refractivity contribution in [1.82, 2.24) is 20.1 Å². The number of nitrogens with one attached hydrogen (secondary N) is 1. The molecule has 1 heterocycles. The van der Waals surface area contributed by atoms with Crippen molar-refractivity contribution in [1.29, 1.82) is 0 Å². The van der Waals surface area contributed by atoms with Crippen LogP contribution in [-0.2, 0) is 6.54 Å². The summed E-state index contributed by atoms with van der Waals surface area (Å²) in [5.41, 5.74) is 0.182. The number of alkyl halides is 2. The number of nitro benzene ring substituents is 1. The van der Waals surface area contributed by atoms with Gasteiger partial charge < -0.3 is 10.1 Å². The molecular formula is C17H13F2N5O4. The maximum Gasteiger partial charge on any atom is 0.387 e. The Balaban J connectivity index is 1.79. The number of nitro groups is 1. The molecule has 0 aliphatic heterocycles. The molecule has 0 atom stereocenters. The van der Waals surface area contributed by atoms with Gasteiger partial charge in [0.2, 0.25) is 0 Å². The molecule has 0 aliphatic carbocycles. The number of carbonyl (C=O) groups excluding carboxylic acids is 1. The monoisotopic (exact) mass is 389 g/mol. The van der Waals surface area contributed by atoms with E-state index < -0.39 is 17.4 Å². The number of rotatable bonds is 7. The van der Waals surface area contributed by atoms with E-state index in [0.29, 0.717) is 5.56 Å². The summed E-state index contributed by atoms with van der Waals surface area (Å²) in [5.74, 6) is -0.676. The van der Waals surface area contributed by atoms with E-state index in [2.05, 4.69) is 20.1 Å². The summed E-state index contributed by atoms with van der Waals surface area (Å²) in [7, 11) is 0. The van der Waals surface area contributed by atoms with Crippen LogP contribution in [0.4, 0.5) is 14.5 Å². The highest BCUT2D eigenvalue weighted by molar-refractivity contribution is 5.95. The van der Waals surface area contributed by atoms with Crippen LogP contribution in [0.3, 0.4) is 0 Å². The van der Waals surface area contributed by atoms with Crippen LogP contribution in [-0.4, -0.2) is 32.2 Å². The normalized spacial score (nSPS) is 10.7. The predicted molar refractivity (Wildman–Crippen MR) is 92.3 cm³/mol. The smallest absolute Gasteiger partial charge is 0.387 e. The first-order valence-corrected chi connectivity index (χ1v) is 7.90. The van der Waals surface area contributed by atoms with E-state index in [1.165, 1.54) is 47.7 Å². The van der Waals surface area contributed by atoms with Crippen molar-refractivity contribution in [2.75, 3.05) is 0 Å². The van der Waals surface area contributed by atoms with Crippen LogP contribution in [0.25, 0.3) is 5.69 Å². The number of hydrogen-bond acceptors (Lipinski definition) is 6. The third kappa shape index (κ3) is 4.26. The molecule has 0 radical (unpaired) electrons. The molecule has 0 spiro atoms. The van der Waals surface area contributed by atoms with Gasteiger partial charge in [-0.2, -0.15) is 13.9 Å². The van der Waals surface area contributed by atoms with E-state index in [9.17, 15) is 23.7 Å². The average Bonchev–Trinajstić information content (AvgIpc) is 3.20. The fraction of sp³-hybridized carbons (Fsp3) is 0.118. The van der Waals surface area contributed by atoms with Crippen LogP contribution < -0.4 is 10.1 Å². The minimum absolute atomic E-state index is 0.0304. The fourth-order valence-electron chi connectivity index (χ4n) is 2.48. The number of ether oxygens (including phenoxy) is 1. The van der Waals surface area contributed by atoms with E-state index in [-0.39, 0.29) is 29.2 Å². The maximum atomic E-state index is 12.5. The molecule has 2 aromatic carbocycles. The summed E-state index contributed by atoms with van der Waals surface area (Å²) in [6.45, 7) is -3.09. The van der Waals surface area contributed by atoms with Gasteiger partial charge in [0.25, 0.3) is 11.6 Å². The fourth-order valence-corrected chi connectivity index (χ4v) is 2.48. The van der Waals surface area contributed by atoms with E-state index >= 15 is 0 Å². The number of nitrogens with zero attached hydrogens (tertiary/aromatic N) is 4. The Morgan fingerprint density at radius 2 is 2.07 bits per heavy atom. The molecule has 1 aromatic heterocycles. The lowest BCUT2D eigenvalue weighted by molar-refractivity contribution is -0.384. The Morgan fingerprint density at radius 3 is 2.75 bits per heavy atom. The molecule has 0 bridgehead atoms. The van der Waals surface area contributed by atoms with Crippen molar-refractivity contribution < 1.29 is 23.2 Å². The Hall–Kier alpha value is -3.89. The number of para-hydroxylation sites is 1. The quantitative estimate of drug-likeness (QED) is 0.491. The number of hydrogen-bond donors (Lipinski definition) is 1. The first kappa shape index (κ1) is 18.9. The molecule has 9 nitrogen and oxygen atoms in total. The predicted octanol–water partition coefficient (Wildman–Crippen LogP) is 2.71. The molecule has 11 heteroatoms. The zero-order valence-corrected chi connectivity index (χ0v) is 14.2. The summed E-state index contributed by atoms with van der Waals surface area (Å²) < 4.78 is 30.5. The molecule has 1 N–H and O–H groups in total. The molecule has 144 valence electrons. The van der Waals surface area contributed by atoms with Crippen LogP contribution in [0.2, 0.25) is 0 Å². The van der Waals surface area contributed by atoms with Crippen molar-refractivity contribution in [3.8, 4) is 11.4 Å². The van der Waals surface area contributed by atoms with Crippen molar-refractivity contribution in [2.45, 2.75) is 13.2 Å². The third-order valence-electron chi connectivity index (χ3n) is 3.73. The largest absolute Gasteiger partial charge is 0.434 e. The van der Waals surface area contributed by atoms with Gasteiger partial charge in [0.05, 0.1) is 4.92 Å². The standard InChI is InChI=1S/C17H13F2N5O4/c18-17(19)28-15-4-2-1-3-12(15)8-21-16(25)11-5-6-13(14(7-11)24(26)27)23-10-20-9-22-23/h1-7,9-10,17H,8H2,(H,21,25). The highest BCUT2D eigenvalue weighted by atomic mass is 19.3. The molecule has 0 saturated heterocycles. The lowest BCUT2D eigenvalue weighted by Crippen LogP contribution is -2.23. The molecule has 0 saturated carbocycles. The van der Waals surface area contributed by atoms with Gasteiger partial charge >= 0.3 is 6.61 Å². The van der Waals surface area contributed by atoms with Gasteiger partial charge in [0.15, 0.2) is 0 Å². The van der Waals surface area contributed by atoms with Crippen molar-refractivity contribution in [3.63, 3.8) is 0 Å². The van der Waals surface area contributed by atoms with Crippen LogP contribution in [0.1, 0.15) is 15.9 Å². The van der Waals surface area contributed by atoms with Crippen LogP contribution in [0, 0.1) is 10.1 Å². The number of aromatic nitrogens is 3. The van der Waals surface area contributed by atoms with E-state index in [4.69, 9.17) is 0 Å². The maximum absolute atomic E-state index is 12.5. The average molecular weight is 389 g/mol. The Labute approximate surface area is 156 Å². The van der Waals surface area contributed by atoms with E-state index in [1.807, 2.05) is 0 Å². The van der Waals surface area contributed by atoms with Crippen molar-refractivity contribution in [2.24, 2.45) is 0 Å². The second kappa shape index (κ2) is 8.20. The van der Waals surface area contributed by atoms with Gasteiger partial charge in [-0.1, -0.05) is 18.2 Å². The second-order valence-corrected chi connectivity index (χ2v) is 5.47. The summed E-state index contributed by atoms with van der Waals surface area (Å²) in [6, 6.07) is 9.87. The van der Waals surface area contributed by atoms with Gasteiger partial charge in [-0.05, 0) is 18.2 Å². The number of benzene rings is 2. The Kier molecular flexibility index (Phi) is 5.53. The van der Waals surface area contributed by atoms with Gasteiger partial charge in [-0.25, -0.2) is 9.67 Å². The summed E-state index contributed by atoms with van der Waals surface area (Å²) in [6.07, 6.45) is 2.52. The van der Waals surface area contributed by atoms with Crippen molar-refractivity contribution >= 4 is 11.6 Å². The lowest BCUT2D eigenvalue weighted by Gasteiger charge is -2.11. The topological polar surface area (TPSA) is 112 Å². The summed E-state index contributed by atoms with van der Waals surface area (Å²) >= 11 is 0. The van der Waals surface area contributed by atoms with Gasteiger partial charge in [-0.3, -0.25) is 14.9 Å². The second-order valence-electron chi connectivity index (χ2n) is 5.47. The van der Waals surface area contributed by atoms with E-state index in [0.717, 1.165) is 6.07 Å². The molecule has 28 heavy (non-hydrogen) atoms. The molecule has 0 unspecified atom stereocenters. The summed E-state index contributed by atoms with van der Waals surface area (Å²) in [4.78, 5) is 26.8. The summed E-state index contributed by atoms with van der Waals surface area (Å²) in [5, 5.41) is 17.7. The van der Waals surface area contributed by atoms with Crippen LogP contribution in [0.5, 0.6) is 5.75 Å². The minimum Gasteiger partial charge on any atom is -0.434 e. The van der Waals surface area contributed by atoms with E-state index in [1.54, 1.807) is 6.07 Å². The minimum atomic E-state index is -3.00. The SMILES string of the molecule is O=C(NCc1ccccc1OC(F)F)c1ccc(-n2cncn2)c([N+](=O)[O-])c1. The van der Waals surface area contributed by atoms with Crippen LogP contribution >= 0.6 is 0 Å². The number of carbonyl (C=O) groups is 1. The zero-order valence-electron chi connectivity index (χ0n) is 14.2. The molecule has 3 aromatic rings. The third-order valence-corrected chi connectivity index (χ3v) is 3.73. The molecule has 0 fully saturated rings. The van der Waals surface area contributed by atoms with Gasteiger partial charge in [-0.15, -0.1) is 0 Å². The Bertz CT molecular complexity index is 995. The number of amides is 1. The Morgan fingerprint density at radius 1 is 1.29 bits per heavy atom. The first-order valence-electron chi connectivity index (χ1n) is 7.90. The van der Waals surface area contributed by atoms with Gasteiger partial charge in [0, 0.05) is 23.7 Å².